The Kier molecular flexibility index (Phi) is 5.27. The second-order valence-corrected chi connectivity index (χ2v) is 7.38. The van der Waals surface area contributed by atoms with Crippen LogP contribution in [-0.4, -0.2) is 27.2 Å². The fourth-order valence-corrected chi connectivity index (χ4v) is 4.02. The minimum absolute atomic E-state index is 0.0481. The van der Waals surface area contributed by atoms with Crippen molar-refractivity contribution in [3.8, 4) is 11.1 Å². The van der Waals surface area contributed by atoms with Gasteiger partial charge in [0.1, 0.15) is 5.65 Å². The molecule has 0 N–H and O–H groups in total. The Morgan fingerprint density at radius 3 is 2.18 bits per heavy atom. The summed E-state index contributed by atoms with van der Waals surface area (Å²) in [5.74, 6) is 0.613. The highest BCUT2D eigenvalue weighted by molar-refractivity contribution is 5.95. The minimum atomic E-state index is -0.0481. The van der Waals surface area contributed by atoms with Crippen molar-refractivity contribution >= 4 is 17.0 Å². The van der Waals surface area contributed by atoms with Gasteiger partial charge in [0.2, 0.25) is 5.95 Å². The molecule has 5 nitrogen and oxygen atoms in total. The summed E-state index contributed by atoms with van der Waals surface area (Å²) in [6, 6.07) is 4.31. The molecule has 3 rings (SSSR count). The van der Waals surface area contributed by atoms with E-state index in [1.54, 1.807) is 23.8 Å². The third kappa shape index (κ3) is 3.17. The van der Waals surface area contributed by atoms with Crippen molar-refractivity contribution in [1.29, 1.82) is 0 Å². The second kappa shape index (κ2) is 7.50. The van der Waals surface area contributed by atoms with Gasteiger partial charge in [0, 0.05) is 38.9 Å². The van der Waals surface area contributed by atoms with E-state index in [4.69, 9.17) is 4.98 Å². The number of hydrogen-bond acceptors (Lipinski definition) is 3. The molecule has 0 aliphatic heterocycles. The molecule has 3 aromatic rings. The smallest absolute Gasteiger partial charge is 0.264 e. The quantitative estimate of drug-likeness (QED) is 0.610. The third-order valence-electron chi connectivity index (χ3n) is 5.10. The highest BCUT2D eigenvalue weighted by Gasteiger charge is 2.21. The van der Waals surface area contributed by atoms with E-state index in [-0.39, 0.29) is 5.56 Å². The maximum atomic E-state index is 13.4. The number of benzene rings is 1. The largest absolute Gasteiger partial charge is 0.335 e. The van der Waals surface area contributed by atoms with Crippen LogP contribution in [0.25, 0.3) is 22.2 Å². The Hall–Kier alpha value is -3.08. The van der Waals surface area contributed by atoms with Gasteiger partial charge in [0.15, 0.2) is 0 Å². The van der Waals surface area contributed by atoms with E-state index in [0.29, 0.717) is 30.1 Å². The van der Waals surface area contributed by atoms with Gasteiger partial charge in [-0.25, -0.2) is 0 Å². The Balaban J connectivity index is 2.34. The molecule has 0 radical (unpaired) electrons. The van der Waals surface area contributed by atoms with Crippen molar-refractivity contribution in [2.24, 2.45) is 14.1 Å². The van der Waals surface area contributed by atoms with E-state index in [0.717, 1.165) is 22.3 Å². The monoisotopic (exact) mass is 376 g/mol. The lowest BCUT2D eigenvalue weighted by Gasteiger charge is -2.22. The number of hydrogen-bond donors (Lipinski definition) is 0. The van der Waals surface area contributed by atoms with Gasteiger partial charge in [-0.15, -0.1) is 13.2 Å². The fraction of sp³-hybridized carbons (Fsp3) is 0.304. The molecule has 0 aliphatic carbocycles. The summed E-state index contributed by atoms with van der Waals surface area (Å²) in [5, 5.41) is 0.654. The van der Waals surface area contributed by atoms with Gasteiger partial charge in [-0.3, -0.25) is 9.36 Å². The average molecular weight is 377 g/mol. The predicted octanol–water partition coefficient (Wildman–Crippen LogP) is 4.04. The molecule has 0 saturated carbocycles. The molecule has 2 heterocycles. The van der Waals surface area contributed by atoms with Gasteiger partial charge in [-0.05, 0) is 37.5 Å². The van der Waals surface area contributed by atoms with E-state index in [2.05, 4.69) is 46.1 Å². The highest BCUT2D eigenvalue weighted by atomic mass is 16.1. The number of anilines is 1. The minimum Gasteiger partial charge on any atom is -0.335 e. The molecule has 0 unspecified atom stereocenters. The van der Waals surface area contributed by atoms with Gasteiger partial charge >= 0.3 is 0 Å². The van der Waals surface area contributed by atoms with Gasteiger partial charge in [0.05, 0.1) is 5.39 Å². The molecule has 0 bridgehead atoms. The van der Waals surface area contributed by atoms with Crippen molar-refractivity contribution < 1.29 is 0 Å². The molecule has 5 heteroatoms. The van der Waals surface area contributed by atoms with E-state index >= 15 is 0 Å². The van der Waals surface area contributed by atoms with E-state index in [1.165, 1.54) is 5.56 Å². The first kappa shape index (κ1) is 19.7. The summed E-state index contributed by atoms with van der Waals surface area (Å²) in [6.45, 7) is 15.1. The van der Waals surface area contributed by atoms with Crippen LogP contribution in [0.1, 0.15) is 16.7 Å². The molecule has 2 aromatic heterocycles. The zero-order valence-electron chi connectivity index (χ0n) is 17.4. The van der Waals surface area contributed by atoms with Crippen molar-refractivity contribution in [1.82, 2.24) is 14.1 Å². The Bertz CT molecular complexity index is 1100. The first-order chi connectivity index (χ1) is 13.3. The Labute approximate surface area is 166 Å². The first-order valence-electron chi connectivity index (χ1n) is 9.41. The van der Waals surface area contributed by atoms with E-state index in [9.17, 15) is 4.79 Å². The third-order valence-corrected chi connectivity index (χ3v) is 5.10. The van der Waals surface area contributed by atoms with Crippen LogP contribution in [0.5, 0.6) is 0 Å². The maximum absolute atomic E-state index is 13.4. The van der Waals surface area contributed by atoms with Crippen LogP contribution >= 0.6 is 0 Å². The van der Waals surface area contributed by atoms with Gasteiger partial charge in [-0.2, -0.15) is 4.98 Å². The van der Waals surface area contributed by atoms with Crippen LogP contribution in [0.15, 0.2) is 48.4 Å². The summed E-state index contributed by atoms with van der Waals surface area (Å²) < 4.78 is 3.56. The standard InChI is InChI=1S/C23H28N4O/c1-8-10-27(11-9-2)23-24-21-20(22(28)26(23)7)18(14-25(21)6)19-16(4)12-15(3)13-17(19)5/h8-9,12-14H,1-2,10-11H2,3-7H3. The Morgan fingerprint density at radius 1 is 1.07 bits per heavy atom. The molecule has 1 aromatic carbocycles. The summed E-state index contributed by atoms with van der Waals surface area (Å²) >= 11 is 0. The molecule has 0 atom stereocenters. The molecule has 0 fully saturated rings. The Morgan fingerprint density at radius 2 is 1.64 bits per heavy atom. The topological polar surface area (TPSA) is 43.1 Å². The van der Waals surface area contributed by atoms with Crippen LogP contribution in [0.3, 0.4) is 0 Å². The predicted molar refractivity (Wildman–Crippen MR) is 118 cm³/mol. The van der Waals surface area contributed by atoms with Crippen molar-refractivity contribution in [2.45, 2.75) is 20.8 Å². The molecule has 0 spiro atoms. The van der Waals surface area contributed by atoms with Crippen LogP contribution in [0.2, 0.25) is 0 Å². The van der Waals surface area contributed by atoms with Gasteiger partial charge in [-0.1, -0.05) is 29.8 Å². The zero-order chi connectivity index (χ0) is 20.6. The fourth-order valence-electron chi connectivity index (χ4n) is 4.02. The van der Waals surface area contributed by atoms with Gasteiger partial charge in [0.25, 0.3) is 5.56 Å². The zero-order valence-corrected chi connectivity index (χ0v) is 17.4. The molecule has 146 valence electrons. The van der Waals surface area contributed by atoms with Crippen molar-refractivity contribution in [3.05, 3.63) is 70.7 Å². The lowest BCUT2D eigenvalue weighted by Crippen LogP contribution is -2.32. The second-order valence-electron chi connectivity index (χ2n) is 7.38. The number of nitrogens with zero attached hydrogens (tertiary/aromatic N) is 4. The molecule has 0 aliphatic rings. The number of aromatic nitrogens is 3. The lowest BCUT2D eigenvalue weighted by molar-refractivity contribution is 0.769. The molecule has 28 heavy (non-hydrogen) atoms. The SMILES string of the molecule is C=CCN(CC=C)c1nc2c(c(-c3c(C)cc(C)cc3C)cn2C)c(=O)n1C. The first-order valence-corrected chi connectivity index (χ1v) is 9.41. The van der Waals surface area contributed by atoms with Crippen molar-refractivity contribution in [3.63, 3.8) is 0 Å². The highest BCUT2D eigenvalue weighted by Crippen LogP contribution is 2.33. The van der Waals surface area contributed by atoms with E-state index in [1.807, 2.05) is 22.7 Å². The van der Waals surface area contributed by atoms with Crippen LogP contribution < -0.4 is 10.5 Å². The number of fused-ring (bicyclic) bond motifs is 1. The summed E-state index contributed by atoms with van der Waals surface area (Å²) in [6.07, 6.45) is 5.61. The molecular weight excluding hydrogens is 348 g/mol. The van der Waals surface area contributed by atoms with Gasteiger partial charge < -0.3 is 9.47 Å². The summed E-state index contributed by atoms with van der Waals surface area (Å²) in [4.78, 5) is 20.2. The summed E-state index contributed by atoms with van der Waals surface area (Å²) in [5.41, 5.74) is 6.23. The maximum Gasteiger partial charge on any atom is 0.264 e. The average Bonchev–Trinajstić information content (AvgIpc) is 2.93. The molecule has 0 saturated heterocycles. The normalized spacial score (nSPS) is 11.0. The van der Waals surface area contributed by atoms with Crippen LogP contribution in [0.4, 0.5) is 5.95 Å². The number of rotatable bonds is 6. The number of aryl methyl sites for hydroxylation is 4. The van der Waals surface area contributed by atoms with E-state index < -0.39 is 0 Å². The lowest BCUT2D eigenvalue weighted by atomic mass is 9.94. The summed E-state index contributed by atoms with van der Waals surface area (Å²) in [7, 11) is 3.71. The molecular formula is C23H28N4O. The van der Waals surface area contributed by atoms with Crippen LogP contribution in [0, 0.1) is 20.8 Å². The van der Waals surface area contributed by atoms with Crippen LogP contribution in [-0.2, 0) is 14.1 Å². The molecule has 0 amide bonds. The van der Waals surface area contributed by atoms with Crippen molar-refractivity contribution in [2.75, 3.05) is 18.0 Å².